The van der Waals surface area contributed by atoms with Gasteiger partial charge in [-0.2, -0.15) is 0 Å². The van der Waals surface area contributed by atoms with Gasteiger partial charge in [-0.25, -0.2) is 0 Å². The molecule has 9 heavy (non-hydrogen) atoms. The van der Waals surface area contributed by atoms with E-state index in [4.69, 9.17) is 10.2 Å². The van der Waals surface area contributed by atoms with Crippen molar-refractivity contribution in [3.05, 3.63) is 0 Å². The fraction of sp³-hybridized carbons (Fsp3) is 0.500. The zero-order valence-corrected chi connectivity index (χ0v) is 5.09. The molecule has 0 aliphatic heterocycles. The van der Waals surface area contributed by atoms with Crippen LogP contribution in [0.5, 0.6) is 0 Å². The lowest BCUT2D eigenvalue weighted by Gasteiger charge is -2.00. The Labute approximate surface area is 55.9 Å². The molecule has 0 amide bonds. The second-order valence-electron chi connectivity index (χ2n) is 1.08. The number of carbonyl (C=O) groups excluding carboxylic acids is 2. The zero-order valence-electron chi connectivity index (χ0n) is 4.27. The molecule has 2 N–H and O–H groups in total. The van der Waals surface area contributed by atoms with Gasteiger partial charge in [0, 0.05) is 0 Å². The van der Waals surface area contributed by atoms with Gasteiger partial charge in [0.05, 0.1) is 0 Å². The van der Waals surface area contributed by atoms with Crippen LogP contribution in [0.3, 0.4) is 0 Å². The minimum atomic E-state index is -1.47. The first-order valence-electron chi connectivity index (χ1n) is 1.97. The van der Waals surface area contributed by atoms with Crippen molar-refractivity contribution >= 4 is 24.3 Å². The van der Waals surface area contributed by atoms with Crippen LogP contribution in [0.1, 0.15) is 0 Å². The number of hydrogen-bond donors (Lipinski definition) is 2. The molecule has 0 aromatic carbocycles. The van der Waals surface area contributed by atoms with Gasteiger partial charge in [-0.15, -0.1) is 0 Å². The third-order valence-electron chi connectivity index (χ3n) is 0.459. The van der Waals surface area contributed by atoms with E-state index >= 15 is 0 Å². The van der Waals surface area contributed by atoms with Crippen molar-refractivity contribution in [1.29, 1.82) is 0 Å². The molecule has 0 aliphatic rings. The Morgan fingerprint density at radius 2 is 1.44 bits per heavy atom. The SMILES string of the molecule is O=[C]C(O)SC(O)[C]=O. The number of hydrogen-bond acceptors (Lipinski definition) is 5. The van der Waals surface area contributed by atoms with E-state index in [-0.39, 0.29) is 0 Å². The Morgan fingerprint density at radius 1 is 1.11 bits per heavy atom. The summed E-state index contributed by atoms with van der Waals surface area (Å²) in [5.74, 6) is 0. The summed E-state index contributed by atoms with van der Waals surface area (Å²) >= 11 is 0.363. The van der Waals surface area contributed by atoms with Gasteiger partial charge >= 0.3 is 0 Å². The molecule has 0 heterocycles. The minimum absolute atomic E-state index is 0.363. The molecule has 50 valence electrons. The summed E-state index contributed by atoms with van der Waals surface area (Å²) in [7, 11) is 0. The third kappa shape index (κ3) is 4.14. The van der Waals surface area contributed by atoms with Crippen LogP contribution in [-0.2, 0) is 9.59 Å². The largest absolute Gasteiger partial charge is 0.374 e. The van der Waals surface area contributed by atoms with E-state index in [0.717, 1.165) is 12.6 Å². The highest BCUT2D eigenvalue weighted by Gasteiger charge is 2.10. The molecule has 2 unspecified atom stereocenters. The number of aliphatic hydroxyl groups is 2. The Kier molecular flexibility index (Phi) is 4.29. The van der Waals surface area contributed by atoms with E-state index in [9.17, 15) is 9.59 Å². The molecule has 0 spiro atoms. The lowest BCUT2D eigenvalue weighted by molar-refractivity contribution is 0.291. The Bertz CT molecular complexity index is 92.7. The third-order valence-corrected chi connectivity index (χ3v) is 1.17. The number of aliphatic hydroxyl groups excluding tert-OH is 2. The van der Waals surface area contributed by atoms with Crippen LogP contribution in [0.25, 0.3) is 0 Å². The molecule has 0 rings (SSSR count). The van der Waals surface area contributed by atoms with Gasteiger partial charge in [0.1, 0.15) is 0 Å². The van der Waals surface area contributed by atoms with Gasteiger partial charge in [0.15, 0.2) is 10.9 Å². The van der Waals surface area contributed by atoms with E-state index in [2.05, 4.69) is 0 Å². The van der Waals surface area contributed by atoms with Gasteiger partial charge in [-0.05, 0) is 0 Å². The van der Waals surface area contributed by atoms with Gasteiger partial charge in [-0.1, -0.05) is 11.8 Å². The molecule has 2 atom stereocenters. The molecule has 0 saturated carbocycles. The van der Waals surface area contributed by atoms with Crippen LogP contribution in [0.15, 0.2) is 0 Å². The van der Waals surface area contributed by atoms with Crippen molar-refractivity contribution in [3.63, 3.8) is 0 Å². The molecule has 5 heteroatoms. The van der Waals surface area contributed by atoms with Crippen LogP contribution < -0.4 is 0 Å². The molecule has 0 aromatic rings. The van der Waals surface area contributed by atoms with Crippen LogP contribution in [0, 0.1) is 0 Å². The predicted molar refractivity (Wildman–Crippen MR) is 31.0 cm³/mol. The molecule has 0 bridgehead atoms. The lowest BCUT2D eigenvalue weighted by Crippen LogP contribution is -2.11. The average molecular weight is 148 g/mol. The molecular formula is C4H4O4S. The standard InChI is InChI=1S/C4H4O4S/c5-1-3(7)9-4(8)2-6/h3-4,7-8H. The van der Waals surface area contributed by atoms with Crippen LogP contribution in [0.4, 0.5) is 0 Å². The number of thioether (sulfide) groups is 1. The van der Waals surface area contributed by atoms with Gasteiger partial charge < -0.3 is 10.2 Å². The Morgan fingerprint density at radius 3 is 1.67 bits per heavy atom. The van der Waals surface area contributed by atoms with E-state index < -0.39 is 10.9 Å². The summed E-state index contributed by atoms with van der Waals surface area (Å²) in [5, 5.41) is 16.7. The average Bonchev–Trinajstić information content (AvgIpc) is 1.87. The molecule has 0 fully saturated rings. The molecule has 2 radical (unpaired) electrons. The van der Waals surface area contributed by atoms with Crippen molar-refractivity contribution in [1.82, 2.24) is 0 Å². The van der Waals surface area contributed by atoms with Crippen LogP contribution >= 0.6 is 11.8 Å². The smallest absolute Gasteiger partial charge is 0.240 e. The summed E-state index contributed by atoms with van der Waals surface area (Å²) in [6.07, 6.45) is 2.32. The van der Waals surface area contributed by atoms with Crippen LogP contribution in [-0.4, -0.2) is 33.7 Å². The maximum Gasteiger partial charge on any atom is 0.240 e. The topological polar surface area (TPSA) is 74.6 Å². The summed E-state index contributed by atoms with van der Waals surface area (Å²) in [6, 6.07) is 0. The Balaban J connectivity index is 3.45. The van der Waals surface area contributed by atoms with E-state index in [0.29, 0.717) is 11.8 Å². The molecule has 0 aliphatic carbocycles. The lowest BCUT2D eigenvalue weighted by atomic mass is 10.8. The van der Waals surface area contributed by atoms with Gasteiger partial charge in [0.25, 0.3) is 0 Å². The fourth-order valence-electron chi connectivity index (χ4n) is 0.178. The normalized spacial score (nSPS) is 16.2. The maximum atomic E-state index is 9.52. The number of rotatable bonds is 4. The van der Waals surface area contributed by atoms with Gasteiger partial charge in [0.2, 0.25) is 12.6 Å². The maximum absolute atomic E-state index is 9.52. The molecular weight excluding hydrogens is 144 g/mol. The monoisotopic (exact) mass is 148 g/mol. The van der Waals surface area contributed by atoms with E-state index in [1.165, 1.54) is 0 Å². The predicted octanol–water partition coefficient (Wildman–Crippen LogP) is -1.42. The highest BCUT2D eigenvalue weighted by Crippen LogP contribution is 2.08. The Hall–Kier alpha value is -0.390. The second-order valence-corrected chi connectivity index (χ2v) is 2.24. The van der Waals surface area contributed by atoms with Crippen molar-refractivity contribution in [2.45, 2.75) is 10.9 Å². The zero-order chi connectivity index (χ0) is 7.28. The summed E-state index contributed by atoms with van der Waals surface area (Å²) in [4.78, 5) is 19.0. The van der Waals surface area contributed by atoms with Crippen molar-refractivity contribution in [2.24, 2.45) is 0 Å². The molecule has 4 nitrogen and oxygen atoms in total. The highest BCUT2D eigenvalue weighted by molar-refractivity contribution is 8.01. The molecule has 0 saturated heterocycles. The van der Waals surface area contributed by atoms with Crippen molar-refractivity contribution < 1.29 is 19.8 Å². The molecule has 0 aromatic heterocycles. The van der Waals surface area contributed by atoms with Gasteiger partial charge in [-0.3, -0.25) is 9.59 Å². The first-order chi connectivity index (χ1) is 4.20. The van der Waals surface area contributed by atoms with E-state index in [1.54, 1.807) is 0 Å². The quantitative estimate of drug-likeness (QED) is 0.478. The first-order valence-corrected chi connectivity index (χ1v) is 2.92. The highest BCUT2D eigenvalue weighted by atomic mass is 32.2. The first kappa shape index (κ1) is 8.61. The van der Waals surface area contributed by atoms with Crippen molar-refractivity contribution in [2.75, 3.05) is 0 Å². The summed E-state index contributed by atoms with van der Waals surface area (Å²) in [6.45, 7) is 0. The fourth-order valence-corrected chi connectivity index (χ4v) is 0.533. The summed E-state index contributed by atoms with van der Waals surface area (Å²) in [5.41, 5.74) is -2.94. The summed E-state index contributed by atoms with van der Waals surface area (Å²) < 4.78 is 0. The second kappa shape index (κ2) is 4.49. The van der Waals surface area contributed by atoms with E-state index in [1.807, 2.05) is 0 Å². The minimum Gasteiger partial charge on any atom is -0.374 e. The van der Waals surface area contributed by atoms with Crippen molar-refractivity contribution in [3.8, 4) is 0 Å². The van der Waals surface area contributed by atoms with Crippen LogP contribution in [0.2, 0.25) is 0 Å².